The molecule has 1 aliphatic heterocycles. The molecule has 2 rings (SSSR count). The van der Waals surface area contributed by atoms with Crippen LogP contribution in [0.3, 0.4) is 0 Å². The number of hydrogen-bond donors (Lipinski definition) is 2. The molecule has 0 bridgehead atoms. The van der Waals surface area contributed by atoms with Crippen molar-refractivity contribution in [2.24, 2.45) is 0 Å². The highest BCUT2D eigenvalue weighted by molar-refractivity contribution is 9.10. The molecule has 0 unspecified atom stereocenters. The van der Waals surface area contributed by atoms with Crippen LogP contribution in [0, 0.1) is 6.92 Å². The van der Waals surface area contributed by atoms with Crippen LogP contribution >= 0.6 is 28.3 Å². The van der Waals surface area contributed by atoms with Gasteiger partial charge in [-0.1, -0.05) is 17.7 Å². The molecule has 1 aromatic rings. The van der Waals surface area contributed by atoms with E-state index < -0.39 is 10.0 Å². The maximum absolute atomic E-state index is 12.2. The van der Waals surface area contributed by atoms with Gasteiger partial charge in [-0.15, -0.1) is 12.4 Å². The van der Waals surface area contributed by atoms with E-state index in [1.165, 1.54) is 0 Å². The van der Waals surface area contributed by atoms with Crippen LogP contribution in [0.25, 0.3) is 0 Å². The van der Waals surface area contributed by atoms with E-state index in [1.807, 2.05) is 13.0 Å². The zero-order valence-electron chi connectivity index (χ0n) is 11.1. The van der Waals surface area contributed by atoms with Crippen LogP contribution in [0.15, 0.2) is 39.2 Å². The summed E-state index contributed by atoms with van der Waals surface area (Å²) >= 11 is 3.31. The van der Waals surface area contributed by atoms with Crippen molar-refractivity contribution in [3.63, 3.8) is 0 Å². The molecule has 4 nitrogen and oxygen atoms in total. The Morgan fingerprint density at radius 3 is 2.75 bits per heavy atom. The molecule has 2 N–H and O–H groups in total. The lowest BCUT2D eigenvalue weighted by atomic mass is 10.1. The normalized spacial score (nSPS) is 15.4. The van der Waals surface area contributed by atoms with Gasteiger partial charge in [0.2, 0.25) is 10.0 Å². The molecule has 0 amide bonds. The number of benzene rings is 1. The maximum atomic E-state index is 12.2. The fraction of sp³-hybridized carbons (Fsp3) is 0.385. The minimum atomic E-state index is -3.47. The Kier molecular flexibility index (Phi) is 6.68. The average molecular weight is 382 g/mol. The molecule has 0 aliphatic carbocycles. The summed E-state index contributed by atoms with van der Waals surface area (Å²) < 4.78 is 27.7. The van der Waals surface area contributed by atoms with E-state index in [-0.39, 0.29) is 17.3 Å². The molecule has 0 spiro atoms. The Hall–Kier alpha value is -0.400. The lowest BCUT2D eigenvalue weighted by Crippen LogP contribution is -2.29. The lowest BCUT2D eigenvalue weighted by molar-refractivity contribution is 0.581. The second-order valence-corrected chi connectivity index (χ2v) is 7.16. The van der Waals surface area contributed by atoms with E-state index in [2.05, 4.69) is 26.0 Å². The predicted molar refractivity (Wildman–Crippen MR) is 86.9 cm³/mol. The summed E-state index contributed by atoms with van der Waals surface area (Å²) in [5.41, 5.74) is 2.15. The average Bonchev–Trinajstić information content (AvgIpc) is 2.37. The van der Waals surface area contributed by atoms with Crippen molar-refractivity contribution in [3.8, 4) is 0 Å². The maximum Gasteiger partial charge on any atom is 0.241 e. The summed E-state index contributed by atoms with van der Waals surface area (Å²) in [5.74, 6) is 0. The summed E-state index contributed by atoms with van der Waals surface area (Å²) in [5, 5.41) is 3.20. The van der Waals surface area contributed by atoms with Gasteiger partial charge < -0.3 is 5.32 Å². The van der Waals surface area contributed by atoms with Crippen LogP contribution in [0.5, 0.6) is 0 Å². The number of hydrogen-bond acceptors (Lipinski definition) is 3. The van der Waals surface area contributed by atoms with Gasteiger partial charge >= 0.3 is 0 Å². The van der Waals surface area contributed by atoms with Gasteiger partial charge in [0.25, 0.3) is 0 Å². The van der Waals surface area contributed by atoms with Crippen molar-refractivity contribution < 1.29 is 8.42 Å². The first kappa shape index (κ1) is 17.7. The van der Waals surface area contributed by atoms with Gasteiger partial charge in [-0.2, -0.15) is 0 Å². The molecule has 0 fully saturated rings. The summed E-state index contributed by atoms with van der Waals surface area (Å²) in [4.78, 5) is 0.285. The van der Waals surface area contributed by atoms with Crippen molar-refractivity contribution in [2.45, 2.75) is 18.2 Å². The SMILES string of the molecule is Cc1ccc(S(=O)(=O)NCC2=CCNCC2)c(Br)c1.Cl. The number of nitrogens with one attached hydrogen (secondary N) is 2. The van der Waals surface area contributed by atoms with Gasteiger partial charge in [0, 0.05) is 17.6 Å². The summed E-state index contributed by atoms with van der Waals surface area (Å²) in [6.45, 7) is 4.02. The molecule has 0 saturated heterocycles. The highest BCUT2D eigenvalue weighted by Gasteiger charge is 2.17. The summed E-state index contributed by atoms with van der Waals surface area (Å²) in [6.07, 6.45) is 2.92. The zero-order chi connectivity index (χ0) is 13.9. The van der Waals surface area contributed by atoms with Crippen LogP contribution in [-0.4, -0.2) is 28.1 Å². The van der Waals surface area contributed by atoms with E-state index >= 15 is 0 Å². The molecule has 7 heteroatoms. The zero-order valence-corrected chi connectivity index (χ0v) is 14.4. The molecular weight excluding hydrogens is 364 g/mol. The minimum absolute atomic E-state index is 0. The monoisotopic (exact) mass is 380 g/mol. The quantitative estimate of drug-likeness (QED) is 0.787. The van der Waals surface area contributed by atoms with Crippen molar-refractivity contribution >= 4 is 38.4 Å². The molecule has 0 saturated carbocycles. The third-order valence-electron chi connectivity index (χ3n) is 3.02. The third kappa shape index (κ3) is 4.56. The highest BCUT2D eigenvalue weighted by Crippen LogP contribution is 2.23. The molecule has 0 aromatic heterocycles. The van der Waals surface area contributed by atoms with Crippen LogP contribution in [-0.2, 0) is 10.0 Å². The highest BCUT2D eigenvalue weighted by atomic mass is 79.9. The predicted octanol–water partition coefficient (Wildman–Crippen LogP) is 2.38. The molecule has 112 valence electrons. The largest absolute Gasteiger partial charge is 0.313 e. The number of sulfonamides is 1. The molecule has 1 aromatic carbocycles. The second-order valence-electron chi connectivity index (χ2n) is 4.57. The topological polar surface area (TPSA) is 58.2 Å². The van der Waals surface area contributed by atoms with Crippen molar-refractivity contribution in [3.05, 3.63) is 39.9 Å². The Morgan fingerprint density at radius 1 is 1.40 bits per heavy atom. The minimum Gasteiger partial charge on any atom is -0.313 e. The number of aryl methyl sites for hydroxylation is 1. The summed E-state index contributed by atoms with van der Waals surface area (Å²) in [7, 11) is -3.47. The molecule has 0 atom stereocenters. The third-order valence-corrected chi connectivity index (χ3v) is 5.40. The molecule has 0 radical (unpaired) electrons. The van der Waals surface area contributed by atoms with E-state index in [0.717, 1.165) is 30.6 Å². The summed E-state index contributed by atoms with van der Waals surface area (Å²) in [6, 6.07) is 5.22. The van der Waals surface area contributed by atoms with Crippen LogP contribution < -0.4 is 10.0 Å². The van der Waals surface area contributed by atoms with Gasteiger partial charge in [-0.3, -0.25) is 0 Å². The second kappa shape index (κ2) is 7.56. The first-order chi connectivity index (χ1) is 8.99. The van der Waals surface area contributed by atoms with Crippen molar-refractivity contribution in [2.75, 3.05) is 19.6 Å². The number of rotatable bonds is 4. The van der Waals surface area contributed by atoms with E-state index in [0.29, 0.717) is 11.0 Å². The molecular formula is C13H18BrClN2O2S. The fourth-order valence-electron chi connectivity index (χ4n) is 1.92. The van der Waals surface area contributed by atoms with Crippen LogP contribution in [0.2, 0.25) is 0 Å². The van der Waals surface area contributed by atoms with Crippen molar-refractivity contribution in [1.82, 2.24) is 10.0 Å². The van der Waals surface area contributed by atoms with Gasteiger partial charge in [0.1, 0.15) is 0 Å². The van der Waals surface area contributed by atoms with Crippen LogP contribution in [0.1, 0.15) is 12.0 Å². The Morgan fingerprint density at radius 2 is 2.15 bits per heavy atom. The fourth-order valence-corrected chi connectivity index (χ4v) is 4.15. The standard InChI is InChI=1S/C13H17BrN2O2S.ClH/c1-10-2-3-13(12(14)8-10)19(17,18)16-9-11-4-6-15-7-5-11;/h2-4,8,15-16H,5-7,9H2,1H3;1H. The van der Waals surface area contributed by atoms with Gasteiger partial charge in [-0.25, -0.2) is 13.1 Å². The Labute approximate surface area is 134 Å². The first-order valence-corrected chi connectivity index (χ1v) is 8.41. The Bertz CT molecular complexity index is 602. The van der Waals surface area contributed by atoms with E-state index in [4.69, 9.17) is 0 Å². The van der Waals surface area contributed by atoms with Gasteiger partial charge in [0.05, 0.1) is 4.90 Å². The first-order valence-electron chi connectivity index (χ1n) is 6.13. The number of halogens is 2. The van der Waals surface area contributed by atoms with Gasteiger partial charge in [0.15, 0.2) is 0 Å². The van der Waals surface area contributed by atoms with E-state index in [9.17, 15) is 8.42 Å². The van der Waals surface area contributed by atoms with Crippen LogP contribution in [0.4, 0.5) is 0 Å². The van der Waals surface area contributed by atoms with Crippen molar-refractivity contribution in [1.29, 1.82) is 0 Å². The van der Waals surface area contributed by atoms with Gasteiger partial charge in [-0.05, 0) is 53.5 Å². The molecule has 1 heterocycles. The Balaban J connectivity index is 0.00000200. The van der Waals surface area contributed by atoms with E-state index in [1.54, 1.807) is 18.2 Å². The molecule has 1 aliphatic rings. The lowest BCUT2D eigenvalue weighted by Gasteiger charge is -2.15. The smallest absolute Gasteiger partial charge is 0.241 e. The molecule has 20 heavy (non-hydrogen) atoms.